The Morgan fingerprint density at radius 3 is 2.29 bits per heavy atom. The lowest BCUT2D eigenvalue weighted by Gasteiger charge is -2.44. The fourth-order valence-corrected chi connectivity index (χ4v) is 6.01. The van der Waals surface area contributed by atoms with Crippen molar-refractivity contribution in [3.8, 4) is 5.75 Å². The molecule has 1 spiro atoms. The van der Waals surface area contributed by atoms with Crippen LogP contribution in [0.1, 0.15) is 23.2 Å². The number of rotatable bonds is 3. The fraction of sp³-hybridized carbons (Fsp3) is 0.364. The van der Waals surface area contributed by atoms with Gasteiger partial charge in [-0.2, -0.15) is 0 Å². The number of urea groups is 1. The van der Waals surface area contributed by atoms with E-state index in [1.54, 1.807) is 66.2 Å². The van der Waals surface area contributed by atoms with E-state index in [-0.39, 0.29) is 16.8 Å². The molecule has 0 saturated carbocycles. The number of halogens is 2. The van der Waals surface area contributed by atoms with Crippen molar-refractivity contribution in [2.45, 2.75) is 17.7 Å². The zero-order chi connectivity index (χ0) is 22.0. The number of carbonyl (C=O) groups excluding carboxylic acids is 2. The molecule has 4 rings (SSSR count). The predicted molar refractivity (Wildman–Crippen MR) is 126 cm³/mol. The van der Waals surface area contributed by atoms with Crippen LogP contribution in [0.25, 0.3) is 0 Å². The van der Waals surface area contributed by atoms with Crippen molar-refractivity contribution in [3.63, 3.8) is 0 Å². The molecule has 2 aromatic carbocycles. The number of ether oxygens (including phenoxy) is 1. The average molecular weight is 480 g/mol. The van der Waals surface area contributed by atoms with Gasteiger partial charge < -0.3 is 19.9 Å². The first-order chi connectivity index (χ1) is 14.9. The summed E-state index contributed by atoms with van der Waals surface area (Å²) in [6.45, 7) is 1.80. The van der Waals surface area contributed by atoms with Crippen LogP contribution in [0.15, 0.2) is 42.5 Å². The lowest BCUT2D eigenvalue weighted by Crippen LogP contribution is -2.54. The monoisotopic (exact) mass is 479 g/mol. The lowest BCUT2D eigenvalue weighted by atomic mass is 10.0. The van der Waals surface area contributed by atoms with Gasteiger partial charge in [0.05, 0.1) is 27.7 Å². The molecule has 6 nitrogen and oxygen atoms in total. The zero-order valence-electron chi connectivity index (χ0n) is 17.1. The Bertz CT molecular complexity index is 958. The second kappa shape index (κ2) is 9.18. The largest absolute Gasteiger partial charge is 0.497 e. The van der Waals surface area contributed by atoms with Crippen LogP contribution >= 0.6 is 35.0 Å². The van der Waals surface area contributed by atoms with Gasteiger partial charge in [0.25, 0.3) is 5.91 Å². The number of amides is 3. The molecule has 31 heavy (non-hydrogen) atoms. The normalized spacial score (nSPS) is 17.6. The third kappa shape index (κ3) is 4.45. The molecule has 1 N–H and O–H groups in total. The molecule has 0 aliphatic carbocycles. The Hall–Kier alpha value is -2.09. The summed E-state index contributed by atoms with van der Waals surface area (Å²) < 4.78 is 5.19. The van der Waals surface area contributed by atoms with Crippen LogP contribution in [-0.2, 0) is 0 Å². The molecule has 0 radical (unpaired) electrons. The number of nitrogens with zero attached hydrogens (tertiary/aromatic N) is 2. The first-order valence-corrected chi connectivity index (χ1v) is 11.8. The minimum atomic E-state index is -0.282. The maximum absolute atomic E-state index is 13.2. The number of thioether (sulfide) groups is 1. The highest BCUT2D eigenvalue weighted by atomic mass is 35.5. The highest BCUT2D eigenvalue weighted by Gasteiger charge is 2.47. The molecule has 0 unspecified atom stereocenters. The van der Waals surface area contributed by atoms with Crippen LogP contribution in [0.5, 0.6) is 5.75 Å². The van der Waals surface area contributed by atoms with Crippen LogP contribution in [0, 0.1) is 0 Å². The number of anilines is 1. The number of methoxy groups -OCH3 is 1. The molecule has 2 saturated heterocycles. The van der Waals surface area contributed by atoms with Gasteiger partial charge in [0.1, 0.15) is 5.75 Å². The van der Waals surface area contributed by atoms with Gasteiger partial charge in [-0.3, -0.25) is 4.79 Å². The number of nitrogens with one attached hydrogen (secondary N) is 1. The molecule has 0 aromatic heterocycles. The molecule has 2 fully saturated rings. The number of likely N-dealkylation sites (tertiary alicyclic amines) is 1. The molecule has 2 heterocycles. The van der Waals surface area contributed by atoms with E-state index < -0.39 is 0 Å². The Labute approximate surface area is 195 Å². The highest BCUT2D eigenvalue weighted by Crippen LogP contribution is 2.44. The van der Waals surface area contributed by atoms with Gasteiger partial charge in [0, 0.05) is 31.0 Å². The minimum Gasteiger partial charge on any atom is -0.497 e. The molecule has 3 amide bonds. The molecule has 164 valence electrons. The van der Waals surface area contributed by atoms with Crippen molar-refractivity contribution in [2.24, 2.45) is 0 Å². The minimum absolute atomic E-state index is 0.0217. The predicted octanol–water partition coefficient (Wildman–Crippen LogP) is 5.22. The molecule has 2 aromatic rings. The Kier molecular flexibility index (Phi) is 6.55. The SMILES string of the molecule is COc1ccc(C(=O)N2CCSC23CCN(C(=O)Nc2c(Cl)cccc2Cl)CC3)cc1. The van der Waals surface area contributed by atoms with Crippen molar-refractivity contribution in [3.05, 3.63) is 58.1 Å². The summed E-state index contributed by atoms with van der Waals surface area (Å²) in [5, 5.41) is 3.62. The van der Waals surface area contributed by atoms with Gasteiger partial charge in [-0.05, 0) is 49.2 Å². The Balaban J connectivity index is 1.42. The number of benzene rings is 2. The second-order valence-corrected chi connectivity index (χ2v) is 9.77. The standard InChI is InChI=1S/C22H23Cl2N3O3S/c1-30-16-7-5-15(6-8-16)20(28)27-13-14-31-22(27)9-11-26(12-10-22)21(29)25-19-17(23)3-2-4-18(19)24/h2-8H,9-14H2,1H3,(H,25,29). The number of hydrogen-bond acceptors (Lipinski definition) is 4. The summed E-state index contributed by atoms with van der Waals surface area (Å²) in [5.41, 5.74) is 1.07. The summed E-state index contributed by atoms with van der Waals surface area (Å²) in [5.74, 6) is 1.64. The van der Waals surface area contributed by atoms with Crippen molar-refractivity contribution in [2.75, 3.05) is 37.8 Å². The van der Waals surface area contributed by atoms with E-state index in [4.69, 9.17) is 27.9 Å². The van der Waals surface area contributed by atoms with Crippen LogP contribution in [-0.4, -0.2) is 59.1 Å². The van der Waals surface area contributed by atoms with Crippen LogP contribution in [0.3, 0.4) is 0 Å². The third-order valence-corrected chi connectivity index (χ3v) is 7.97. The van der Waals surface area contributed by atoms with E-state index in [2.05, 4.69) is 5.32 Å². The molecular weight excluding hydrogens is 457 g/mol. The smallest absolute Gasteiger partial charge is 0.321 e. The topological polar surface area (TPSA) is 61.9 Å². The van der Waals surface area contributed by atoms with Gasteiger partial charge in [0.2, 0.25) is 0 Å². The first-order valence-electron chi connectivity index (χ1n) is 10.0. The van der Waals surface area contributed by atoms with E-state index in [9.17, 15) is 9.59 Å². The van der Waals surface area contributed by atoms with Gasteiger partial charge in [-0.25, -0.2) is 4.79 Å². The second-order valence-electron chi connectivity index (χ2n) is 7.49. The van der Waals surface area contributed by atoms with E-state index in [1.165, 1.54) is 0 Å². The lowest BCUT2D eigenvalue weighted by molar-refractivity contribution is 0.0585. The van der Waals surface area contributed by atoms with Crippen molar-refractivity contribution < 1.29 is 14.3 Å². The molecule has 2 aliphatic heterocycles. The molecular formula is C22H23Cl2N3O3S. The number of hydrogen-bond donors (Lipinski definition) is 1. The maximum Gasteiger partial charge on any atom is 0.321 e. The quantitative estimate of drug-likeness (QED) is 0.655. The molecule has 2 aliphatic rings. The number of piperidine rings is 1. The first kappa shape index (κ1) is 22.1. The highest BCUT2D eigenvalue weighted by molar-refractivity contribution is 8.00. The number of carbonyl (C=O) groups is 2. The van der Waals surface area contributed by atoms with E-state index in [0.29, 0.717) is 53.8 Å². The van der Waals surface area contributed by atoms with Crippen molar-refractivity contribution in [1.29, 1.82) is 0 Å². The van der Waals surface area contributed by atoms with Gasteiger partial charge >= 0.3 is 6.03 Å². The maximum atomic E-state index is 13.2. The van der Waals surface area contributed by atoms with Crippen molar-refractivity contribution in [1.82, 2.24) is 9.80 Å². The summed E-state index contributed by atoms with van der Waals surface area (Å²) >= 11 is 14.1. The molecule has 9 heteroatoms. The molecule has 0 atom stereocenters. The summed E-state index contributed by atoms with van der Waals surface area (Å²) in [6.07, 6.45) is 1.42. The van der Waals surface area contributed by atoms with E-state index in [1.807, 2.05) is 4.90 Å². The average Bonchev–Trinajstić information content (AvgIpc) is 3.19. The number of para-hydroxylation sites is 1. The van der Waals surface area contributed by atoms with E-state index >= 15 is 0 Å². The summed E-state index contributed by atoms with van der Waals surface area (Å²) in [7, 11) is 1.60. The summed E-state index contributed by atoms with van der Waals surface area (Å²) in [4.78, 5) is 29.4. The third-order valence-electron chi connectivity index (χ3n) is 5.79. The fourth-order valence-electron chi connectivity index (χ4n) is 4.06. The van der Waals surface area contributed by atoms with Crippen LogP contribution in [0.4, 0.5) is 10.5 Å². The molecule has 0 bridgehead atoms. The Morgan fingerprint density at radius 1 is 1.03 bits per heavy atom. The van der Waals surface area contributed by atoms with E-state index in [0.717, 1.165) is 11.5 Å². The Morgan fingerprint density at radius 2 is 1.68 bits per heavy atom. The zero-order valence-corrected chi connectivity index (χ0v) is 19.4. The summed E-state index contributed by atoms with van der Waals surface area (Å²) in [6, 6.07) is 12.1. The van der Waals surface area contributed by atoms with Crippen LogP contribution < -0.4 is 10.1 Å². The van der Waals surface area contributed by atoms with Crippen molar-refractivity contribution >= 4 is 52.6 Å². The van der Waals surface area contributed by atoms with Crippen LogP contribution in [0.2, 0.25) is 10.0 Å². The van der Waals surface area contributed by atoms with Gasteiger partial charge in [0.15, 0.2) is 0 Å². The van der Waals surface area contributed by atoms with Gasteiger partial charge in [-0.1, -0.05) is 29.3 Å². The van der Waals surface area contributed by atoms with Gasteiger partial charge in [-0.15, -0.1) is 11.8 Å².